The molecule has 18 N–H and O–H groups in total. The highest BCUT2D eigenvalue weighted by Gasteiger charge is 2.34. The summed E-state index contributed by atoms with van der Waals surface area (Å²) in [5.41, 5.74) is 2.58. The van der Waals surface area contributed by atoms with Crippen molar-refractivity contribution in [3.63, 3.8) is 0 Å². The molecule has 4 rings (SSSR count). The number of unbranched alkanes of at least 4 members (excludes halogenated alkanes) is 5. The summed E-state index contributed by atoms with van der Waals surface area (Å²) in [6, 6.07) is 11.7. The van der Waals surface area contributed by atoms with Crippen LogP contribution in [0.4, 0.5) is 0 Å². The van der Waals surface area contributed by atoms with Gasteiger partial charge in [0.05, 0.1) is 34.3 Å². The Balaban J connectivity index is 1.57. The molecule has 0 saturated carbocycles. The van der Waals surface area contributed by atoms with Gasteiger partial charge in [-0.3, -0.25) is 38.4 Å². The van der Waals surface area contributed by atoms with Crippen LogP contribution in [-0.2, 0) is 24.0 Å². The topological polar surface area (TPSA) is 522 Å². The predicted octanol–water partition coefficient (Wildman–Crippen LogP) is 4.16. The second-order valence-corrected chi connectivity index (χ2v) is 23.3. The minimum Gasteiger partial charge on any atom is -0.506 e. The molecule has 0 spiro atoms. The fourth-order valence-electron chi connectivity index (χ4n) is 10.7. The number of phenols is 4. The summed E-state index contributed by atoms with van der Waals surface area (Å²) in [6.45, 7) is 1.27. The predicted molar refractivity (Wildman–Crippen MR) is 345 cm³/mol. The summed E-state index contributed by atoms with van der Waals surface area (Å²) in [6.07, 6.45) is -1.48. The van der Waals surface area contributed by atoms with Crippen molar-refractivity contribution in [2.45, 2.75) is 141 Å². The van der Waals surface area contributed by atoms with E-state index >= 15 is 0 Å². The van der Waals surface area contributed by atoms with Crippen molar-refractivity contribution in [1.29, 1.82) is 0 Å². The average molecular weight is 1360 g/mol. The number of hydrogen-bond donors (Lipinski definition) is 17. The number of hydrogen-bond acceptors (Lipinski definition) is 20. The van der Waals surface area contributed by atoms with Crippen molar-refractivity contribution in [2.24, 2.45) is 23.5 Å². The SMILES string of the molecule is CC(=O)CC(CCCCNC(=O)c1cccc(C(=O)O)c1O)C(=O)NC(CCCCNC(=O)c1cccc(C(=O)O)c1O)C(=O)CC(CCCCN)C(=O)NC(CCCCNC(=O)c1cccc(C(=O)O)c1O)C(=O)CC(CCCCNC(=O)c1cccc(C(=O)O)c1O)C(O)O. The number of aromatic hydroxyl groups is 4. The highest BCUT2D eigenvalue weighted by atomic mass is 16.5. The van der Waals surface area contributed by atoms with E-state index in [0.29, 0.717) is 12.8 Å². The number of nitrogens with one attached hydrogen (secondary N) is 6. The monoisotopic (exact) mass is 1360 g/mol. The van der Waals surface area contributed by atoms with E-state index in [-0.39, 0.29) is 151 Å². The van der Waals surface area contributed by atoms with Gasteiger partial charge in [-0.2, -0.15) is 0 Å². The number of para-hydroxylation sites is 4. The van der Waals surface area contributed by atoms with E-state index in [1.54, 1.807) is 0 Å². The molecule has 97 heavy (non-hydrogen) atoms. The summed E-state index contributed by atoms with van der Waals surface area (Å²) in [5, 5.41) is 116. The van der Waals surface area contributed by atoms with Crippen LogP contribution in [0.2, 0.25) is 0 Å². The number of aliphatic hydroxyl groups is 2. The summed E-state index contributed by atoms with van der Waals surface area (Å²) >= 11 is 0. The van der Waals surface area contributed by atoms with Gasteiger partial charge in [0.15, 0.2) is 17.9 Å². The van der Waals surface area contributed by atoms with E-state index in [9.17, 15) is 113 Å². The number of ketones is 3. The van der Waals surface area contributed by atoms with E-state index in [0.717, 1.165) is 24.3 Å². The third-order valence-electron chi connectivity index (χ3n) is 16.0. The normalized spacial score (nSPS) is 12.6. The van der Waals surface area contributed by atoms with Crippen LogP contribution in [0, 0.1) is 17.8 Å². The van der Waals surface area contributed by atoms with Crippen LogP contribution in [0.25, 0.3) is 0 Å². The molecular weight excluding hydrogens is 1270 g/mol. The molecule has 6 amide bonds. The number of aromatic carboxylic acids is 4. The van der Waals surface area contributed by atoms with Crippen molar-refractivity contribution in [1.82, 2.24) is 31.9 Å². The Morgan fingerprint density at radius 2 is 0.649 bits per heavy atom. The Kier molecular flexibility index (Phi) is 32.8. The average Bonchev–Trinajstić information content (AvgIpc) is 0.918. The zero-order valence-electron chi connectivity index (χ0n) is 53.5. The van der Waals surface area contributed by atoms with E-state index in [1.165, 1.54) is 55.5 Å². The zero-order chi connectivity index (χ0) is 71.9. The van der Waals surface area contributed by atoms with Gasteiger partial charge in [0.2, 0.25) is 11.8 Å². The molecule has 5 unspecified atom stereocenters. The molecule has 0 aromatic heterocycles. The first-order valence-electron chi connectivity index (χ1n) is 31.6. The quantitative estimate of drug-likeness (QED) is 0.0218. The van der Waals surface area contributed by atoms with Crippen molar-refractivity contribution in [2.75, 3.05) is 32.7 Å². The van der Waals surface area contributed by atoms with Gasteiger partial charge in [-0.05, 0) is 139 Å². The standard InChI is InChI=1S/C67H85N7O23/c1-37(75)34-38(17-3-8-30-69-59(84)41-19-12-23-45(53(41)78)64(90)91)57(82)73-49(27-5-10-32-71-61(86)43-21-14-25-47(55(43)80)66(94)95)51(76)35-39(16-2-7-29-68)58(83)74-50(28-6-11-33-72-62(87)44-22-15-26-48(56(44)81)67(96)97)52(77)36-40(63(88)89)18-4-9-31-70-60(85)42-20-13-24-46(54(42)79)65(92)93/h12-15,19-26,38-40,49-50,63,78-81,88-89H,2-11,16-18,27-36,68H2,1H3,(H,69,84)(H,70,85)(H,71,86)(H,72,87)(H,73,82)(H,74,83)(H,90,91)(H,92,93)(H,94,95)(H,96,97). The number of carboxylic acids is 4. The molecular formula is C67H85N7O23. The zero-order valence-corrected chi connectivity index (χ0v) is 53.5. The Bertz CT molecular complexity index is 3480. The minimum atomic E-state index is -2.07. The number of aliphatic hydroxyl groups excluding tert-OH is 1. The van der Waals surface area contributed by atoms with Crippen molar-refractivity contribution < 1.29 is 113 Å². The Hall–Kier alpha value is -10.3. The molecule has 30 nitrogen and oxygen atoms in total. The number of carbonyl (C=O) groups excluding carboxylic acids is 9. The highest BCUT2D eigenvalue weighted by molar-refractivity contribution is 6.04. The first-order chi connectivity index (χ1) is 46.1. The van der Waals surface area contributed by atoms with Crippen molar-refractivity contribution in [3.05, 3.63) is 117 Å². The first-order valence-corrected chi connectivity index (χ1v) is 31.6. The van der Waals surface area contributed by atoms with Crippen LogP contribution in [0.5, 0.6) is 23.0 Å². The van der Waals surface area contributed by atoms with E-state index < -0.39 is 165 Å². The summed E-state index contributed by atoms with van der Waals surface area (Å²) in [4.78, 5) is 169. The number of nitrogens with two attached hydrogens (primary N) is 1. The fourth-order valence-corrected chi connectivity index (χ4v) is 10.7. The molecule has 4 aromatic carbocycles. The maximum atomic E-state index is 14.8. The summed E-state index contributed by atoms with van der Waals surface area (Å²) < 4.78 is 0. The maximum absolute atomic E-state index is 14.8. The highest BCUT2D eigenvalue weighted by Crippen LogP contribution is 2.28. The van der Waals surface area contributed by atoms with Crippen LogP contribution in [-0.4, -0.2) is 179 Å². The molecule has 0 aliphatic rings. The molecule has 4 aromatic rings. The van der Waals surface area contributed by atoms with Crippen LogP contribution in [0.3, 0.4) is 0 Å². The van der Waals surface area contributed by atoms with E-state index in [4.69, 9.17) is 5.73 Å². The van der Waals surface area contributed by atoms with Gasteiger partial charge in [-0.25, -0.2) is 19.2 Å². The third kappa shape index (κ3) is 25.1. The van der Waals surface area contributed by atoms with Crippen LogP contribution < -0.4 is 37.6 Å². The van der Waals surface area contributed by atoms with Crippen LogP contribution in [0.15, 0.2) is 72.8 Å². The number of benzene rings is 4. The molecule has 30 heteroatoms. The number of rotatable bonds is 45. The second-order valence-electron chi connectivity index (χ2n) is 23.3. The van der Waals surface area contributed by atoms with Gasteiger partial charge in [-0.1, -0.05) is 43.5 Å². The molecule has 0 heterocycles. The lowest BCUT2D eigenvalue weighted by Gasteiger charge is -2.26. The van der Waals surface area contributed by atoms with Gasteiger partial charge in [-0.15, -0.1) is 0 Å². The molecule has 0 bridgehead atoms. The molecule has 0 saturated heterocycles. The van der Waals surface area contributed by atoms with Crippen molar-refractivity contribution in [3.8, 4) is 23.0 Å². The van der Waals surface area contributed by atoms with Crippen molar-refractivity contribution >= 4 is 76.7 Å². The smallest absolute Gasteiger partial charge is 0.339 e. The van der Waals surface area contributed by atoms with Gasteiger partial charge < -0.3 is 93.5 Å². The second kappa shape index (κ2) is 40.2. The number of Topliss-reactive ketones (excluding diaryl/α,β-unsaturated/α-hetero) is 3. The fraction of sp³-hybridized carbons (Fsp3) is 0.448. The van der Waals surface area contributed by atoms with E-state index in [2.05, 4.69) is 31.9 Å². The molecule has 0 radical (unpaired) electrons. The summed E-state index contributed by atoms with van der Waals surface area (Å²) in [7, 11) is 0. The largest absolute Gasteiger partial charge is 0.506 e. The lowest BCUT2D eigenvalue weighted by molar-refractivity contribution is -0.136. The van der Waals surface area contributed by atoms with Gasteiger partial charge >= 0.3 is 23.9 Å². The Morgan fingerprint density at radius 1 is 0.371 bits per heavy atom. The van der Waals surface area contributed by atoms with Gasteiger partial charge in [0.25, 0.3) is 23.6 Å². The Morgan fingerprint density at radius 3 is 0.948 bits per heavy atom. The lowest BCUT2D eigenvalue weighted by atomic mass is 9.88. The first kappa shape index (κ1) is 79.1. The lowest BCUT2D eigenvalue weighted by Crippen LogP contribution is -2.47. The summed E-state index contributed by atoms with van der Waals surface area (Å²) in [5.74, 6) is -18.7. The van der Waals surface area contributed by atoms with E-state index in [1.807, 2.05) is 0 Å². The minimum absolute atomic E-state index is 0.000702. The molecule has 0 fully saturated rings. The molecule has 0 aliphatic heterocycles. The number of amides is 6. The van der Waals surface area contributed by atoms with Gasteiger partial charge in [0.1, 0.15) is 51.0 Å². The third-order valence-corrected chi connectivity index (χ3v) is 16.0. The van der Waals surface area contributed by atoms with Gasteiger partial charge in [0, 0.05) is 63.2 Å². The Labute approximate surface area is 557 Å². The molecule has 5 atom stereocenters. The number of carbonyl (C=O) groups is 13. The van der Waals surface area contributed by atoms with Crippen LogP contribution in [0.1, 0.15) is 205 Å². The maximum Gasteiger partial charge on any atom is 0.339 e. The molecule has 0 aliphatic carbocycles. The number of carboxylic acid groups (broad SMARTS) is 4. The van der Waals surface area contributed by atoms with Crippen LogP contribution >= 0.6 is 0 Å². The molecule has 526 valence electrons.